The average molecular weight is 385 g/mol. The Bertz CT molecular complexity index is 630. The number of carbonyl (C=O) groups is 1. The van der Waals surface area contributed by atoms with Crippen LogP contribution >= 0.6 is 0 Å². The fraction of sp³-hybridized carbons (Fsp3) is 0.889. The summed E-state index contributed by atoms with van der Waals surface area (Å²) < 4.78 is 0. The maximum absolute atomic E-state index is 12.0. The second-order valence-electron chi connectivity index (χ2n) is 12.0. The highest BCUT2D eigenvalue weighted by Gasteiger charge is 2.59. The van der Waals surface area contributed by atoms with Gasteiger partial charge in [0.1, 0.15) is 0 Å². The first-order valence-electron chi connectivity index (χ1n) is 12.5. The van der Waals surface area contributed by atoms with Crippen LogP contribution in [0, 0.1) is 46.3 Å². The first-order valence-corrected chi connectivity index (χ1v) is 12.5. The fourth-order valence-corrected chi connectivity index (χ4v) is 8.58. The molecule has 4 rings (SSSR count). The minimum absolute atomic E-state index is 0.332. The van der Waals surface area contributed by atoms with Gasteiger partial charge in [0.15, 0.2) is 5.78 Å². The molecule has 0 aromatic carbocycles. The van der Waals surface area contributed by atoms with Crippen LogP contribution in [0.1, 0.15) is 105 Å². The van der Waals surface area contributed by atoms with Gasteiger partial charge in [0, 0.05) is 6.42 Å². The van der Waals surface area contributed by atoms with Crippen LogP contribution in [0.3, 0.4) is 0 Å². The molecule has 3 fully saturated rings. The van der Waals surface area contributed by atoms with E-state index in [-0.39, 0.29) is 0 Å². The number of carbonyl (C=O) groups excluding carboxylic acids is 1. The topological polar surface area (TPSA) is 17.1 Å². The van der Waals surface area contributed by atoms with E-state index < -0.39 is 0 Å². The predicted molar refractivity (Wildman–Crippen MR) is 118 cm³/mol. The molecule has 0 aromatic rings. The van der Waals surface area contributed by atoms with Crippen LogP contribution in [0.5, 0.6) is 0 Å². The third kappa shape index (κ3) is 3.33. The van der Waals surface area contributed by atoms with Crippen molar-refractivity contribution in [3.63, 3.8) is 0 Å². The molecule has 1 unspecified atom stereocenters. The summed E-state index contributed by atoms with van der Waals surface area (Å²) in [6.07, 6.45) is 16.6. The minimum Gasteiger partial charge on any atom is -0.295 e. The Hall–Kier alpha value is -0.590. The Balaban J connectivity index is 1.49. The van der Waals surface area contributed by atoms with Gasteiger partial charge in [-0.05, 0) is 97.4 Å². The van der Waals surface area contributed by atoms with Crippen molar-refractivity contribution in [2.75, 3.05) is 0 Å². The molecule has 0 amide bonds. The maximum atomic E-state index is 12.0. The number of fused-ring (bicyclic) bond motifs is 5. The van der Waals surface area contributed by atoms with Crippen LogP contribution in [-0.2, 0) is 4.79 Å². The normalized spacial score (nSPS) is 43.9. The lowest BCUT2D eigenvalue weighted by molar-refractivity contribution is -0.117. The summed E-state index contributed by atoms with van der Waals surface area (Å²) in [5.74, 6) is 5.79. The summed E-state index contributed by atoms with van der Waals surface area (Å²) in [4.78, 5) is 12.0. The van der Waals surface area contributed by atoms with Crippen molar-refractivity contribution in [2.24, 2.45) is 46.3 Å². The summed E-state index contributed by atoms with van der Waals surface area (Å²) in [5.41, 5.74) is 2.43. The molecule has 4 aliphatic carbocycles. The number of allylic oxidation sites excluding steroid dienone is 1. The fourth-order valence-electron chi connectivity index (χ4n) is 8.58. The van der Waals surface area contributed by atoms with E-state index in [9.17, 15) is 4.79 Å². The van der Waals surface area contributed by atoms with Crippen molar-refractivity contribution in [3.05, 3.63) is 11.6 Å². The van der Waals surface area contributed by atoms with Crippen LogP contribution in [0.4, 0.5) is 0 Å². The van der Waals surface area contributed by atoms with Gasteiger partial charge >= 0.3 is 0 Å². The zero-order chi connectivity index (χ0) is 20.1. The first-order chi connectivity index (χ1) is 13.3. The van der Waals surface area contributed by atoms with E-state index in [1.165, 1.54) is 63.4 Å². The van der Waals surface area contributed by atoms with Crippen LogP contribution in [0.25, 0.3) is 0 Å². The van der Waals surface area contributed by atoms with E-state index >= 15 is 0 Å². The molecular formula is C27H44O. The molecule has 28 heavy (non-hydrogen) atoms. The zero-order valence-corrected chi connectivity index (χ0v) is 19.2. The van der Waals surface area contributed by atoms with Crippen molar-refractivity contribution >= 4 is 5.78 Å². The van der Waals surface area contributed by atoms with Gasteiger partial charge in [0.2, 0.25) is 0 Å². The van der Waals surface area contributed by atoms with Crippen LogP contribution in [0.15, 0.2) is 11.6 Å². The molecule has 3 saturated carbocycles. The van der Waals surface area contributed by atoms with Gasteiger partial charge in [-0.3, -0.25) is 4.79 Å². The molecule has 158 valence electrons. The van der Waals surface area contributed by atoms with Crippen molar-refractivity contribution in [2.45, 2.75) is 105 Å². The molecule has 0 radical (unpaired) electrons. The van der Waals surface area contributed by atoms with Crippen molar-refractivity contribution in [1.82, 2.24) is 0 Å². The van der Waals surface area contributed by atoms with E-state index in [0.717, 1.165) is 48.3 Å². The summed E-state index contributed by atoms with van der Waals surface area (Å²) in [5, 5.41) is 0. The van der Waals surface area contributed by atoms with Gasteiger partial charge in [-0.1, -0.05) is 59.5 Å². The van der Waals surface area contributed by atoms with Gasteiger partial charge in [0.05, 0.1) is 0 Å². The lowest BCUT2D eigenvalue weighted by Gasteiger charge is -2.58. The summed E-state index contributed by atoms with van der Waals surface area (Å²) in [6.45, 7) is 12.5. The molecular weight excluding hydrogens is 340 g/mol. The monoisotopic (exact) mass is 384 g/mol. The van der Waals surface area contributed by atoms with Crippen molar-refractivity contribution in [1.29, 1.82) is 0 Å². The predicted octanol–water partition coefficient (Wildman–Crippen LogP) is 7.60. The number of ketones is 1. The summed E-state index contributed by atoms with van der Waals surface area (Å²) in [7, 11) is 0. The van der Waals surface area contributed by atoms with Crippen molar-refractivity contribution in [3.8, 4) is 0 Å². The van der Waals surface area contributed by atoms with Gasteiger partial charge in [-0.25, -0.2) is 0 Å². The van der Waals surface area contributed by atoms with E-state index in [0.29, 0.717) is 16.6 Å². The van der Waals surface area contributed by atoms with Gasteiger partial charge in [-0.15, -0.1) is 0 Å². The zero-order valence-electron chi connectivity index (χ0n) is 19.2. The Kier molecular flexibility index (Phi) is 5.60. The molecule has 0 N–H and O–H groups in total. The third-order valence-corrected chi connectivity index (χ3v) is 10.2. The molecule has 0 aliphatic heterocycles. The molecule has 7 atom stereocenters. The summed E-state index contributed by atoms with van der Waals surface area (Å²) >= 11 is 0. The van der Waals surface area contributed by atoms with Crippen LogP contribution < -0.4 is 0 Å². The molecule has 1 heteroatoms. The molecule has 0 saturated heterocycles. The first kappa shape index (κ1) is 20.7. The molecule has 4 aliphatic rings. The third-order valence-electron chi connectivity index (χ3n) is 10.2. The Morgan fingerprint density at radius 2 is 1.75 bits per heavy atom. The molecule has 0 heterocycles. The largest absolute Gasteiger partial charge is 0.295 e. The van der Waals surface area contributed by atoms with E-state index in [4.69, 9.17) is 0 Å². The highest BCUT2D eigenvalue weighted by atomic mass is 16.1. The highest BCUT2D eigenvalue weighted by Crippen LogP contribution is 2.67. The quantitative estimate of drug-likeness (QED) is 0.477. The van der Waals surface area contributed by atoms with Gasteiger partial charge < -0.3 is 0 Å². The molecule has 1 nitrogen and oxygen atoms in total. The smallest absolute Gasteiger partial charge is 0.155 e. The lowest BCUT2D eigenvalue weighted by atomic mass is 9.46. The summed E-state index contributed by atoms with van der Waals surface area (Å²) in [6, 6.07) is 0. The highest BCUT2D eigenvalue weighted by molar-refractivity contribution is 5.91. The SMILES string of the molecule is CC(C)CCC[C@@H](C)[C@H]1CC[C@H]2[C@@H]3CCC4=CC(=O)CC[C@]4(C)[C@H]3CCC12C. The minimum atomic E-state index is 0.332. The van der Waals surface area contributed by atoms with Crippen LogP contribution in [0.2, 0.25) is 0 Å². The van der Waals surface area contributed by atoms with E-state index in [1.54, 1.807) is 0 Å². The Labute approximate surface area is 174 Å². The van der Waals surface area contributed by atoms with Crippen LogP contribution in [-0.4, -0.2) is 5.78 Å². The van der Waals surface area contributed by atoms with E-state index in [2.05, 4.69) is 40.7 Å². The maximum Gasteiger partial charge on any atom is 0.155 e. The standard InChI is InChI=1S/C27H44O/c1-18(2)7-6-8-19(3)23-11-12-24-22-10-9-20-17-21(28)13-15-26(20,4)25(22)14-16-27(23,24)5/h17-19,22-25H,6-16H2,1-5H3/t19-,22+,23-,24+,25+,26+,27?/m1/s1. The van der Waals surface area contributed by atoms with Crippen molar-refractivity contribution < 1.29 is 4.79 Å². The molecule has 0 spiro atoms. The second-order valence-corrected chi connectivity index (χ2v) is 12.0. The average Bonchev–Trinajstić information content (AvgIpc) is 2.99. The Morgan fingerprint density at radius 3 is 2.50 bits per heavy atom. The van der Waals surface area contributed by atoms with Gasteiger partial charge in [0.25, 0.3) is 0 Å². The number of rotatable bonds is 5. The Morgan fingerprint density at radius 1 is 0.964 bits per heavy atom. The number of hydrogen-bond donors (Lipinski definition) is 0. The number of hydrogen-bond acceptors (Lipinski definition) is 1. The van der Waals surface area contributed by atoms with E-state index in [1.807, 2.05) is 0 Å². The molecule has 0 bridgehead atoms. The lowest BCUT2D eigenvalue weighted by Crippen LogP contribution is -2.50. The van der Waals surface area contributed by atoms with Gasteiger partial charge in [-0.2, -0.15) is 0 Å². The molecule has 0 aromatic heterocycles. The second kappa shape index (κ2) is 7.59.